The zero-order valence-electron chi connectivity index (χ0n) is 8.88. The van der Waals surface area contributed by atoms with E-state index in [1.165, 1.54) is 17.8 Å². The summed E-state index contributed by atoms with van der Waals surface area (Å²) >= 11 is 2.78. The van der Waals surface area contributed by atoms with Gasteiger partial charge in [0.15, 0.2) is 0 Å². The molecule has 0 aliphatic heterocycles. The van der Waals surface area contributed by atoms with Crippen molar-refractivity contribution < 1.29 is 0 Å². The molecule has 14 heavy (non-hydrogen) atoms. The van der Waals surface area contributed by atoms with Crippen molar-refractivity contribution in [1.82, 2.24) is 0 Å². The van der Waals surface area contributed by atoms with Gasteiger partial charge in [0.05, 0.1) is 0 Å². The van der Waals surface area contributed by atoms with Crippen LogP contribution >= 0.6 is 22.6 Å². The van der Waals surface area contributed by atoms with Crippen LogP contribution in [0.3, 0.4) is 0 Å². The Morgan fingerprint density at radius 3 is 2.50 bits per heavy atom. The Kier molecular flexibility index (Phi) is 1.59. The van der Waals surface area contributed by atoms with Crippen LogP contribution in [0.15, 0.2) is 0 Å². The van der Waals surface area contributed by atoms with Crippen molar-refractivity contribution in [3.8, 4) is 0 Å². The summed E-state index contributed by atoms with van der Waals surface area (Å²) in [7, 11) is 0. The zero-order valence-corrected chi connectivity index (χ0v) is 11.0. The Morgan fingerprint density at radius 1 is 1.00 bits per heavy atom. The van der Waals surface area contributed by atoms with Crippen LogP contribution < -0.4 is 0 Å². The molecular weight excluding hydrogens is 283 g/mol. The molecule has 0 spiro atoms. The Balaban J connectivity index is 1.75. The number of rotatable bonds is 0. The molecule has 4 fully saturated rings. The van der Waals surface area contributed by atoms with Gasteiger partial charge in [-0.3, -0.25) is 0 Å². The van der Waals surface area contributed by atoms with Crippen LogP contribution in [0.25, 0.3) is 0 Å². The molecule has 4 saturated carbocycles. The average Bonchev–Trinajstić information content (AvgIpc) is 2.73. The van der Waals surface area contributed by atoms with Gasteiger partial charge in [-0.1, -0.05) is 29.5 Å². The first-order valence-electron chi connectivity index (χ1n) is 6.36. The van der Waals surface area contributed by atoms with Gasteiger partial charge >= 0.3 is 0 Å². The second-order valence-electron chi connectivity index (χ2n) is 6.57. The van der Waals surface area contributed by atoms with Gasteiger partial charge in [-0.15, -0.1) is 0 Å². The van der Waals surface area contributed by atoms with Crippen molar-refractivity contribution in [2.24, 2.45) is 35.5 Å². The summed E-state index contributed by atoms with van der Waals surface area (Å²) < 4.78 is 0.675. The molecule has 0 saturated heterocycles. The van der Waals surface area contributed by atoms with Gasteiger partial charge in [-0.25, -0.2) is 0 Å². The highest BCUT2D eigenvalue weighted by Crippen LogP contribution is 2.71. The maximum atomic E-state index is 2.78. The van der Waals surface area contributed by atoms with E-state index in [4.69, 9.17) is 0 Å². The summed E-state index contributed by atoms with van der Waals surface area (Å²) in [6, 6.07) is 0. The first kappa shape index (κ1) is 8.83. The minimum atomic E-state index is 0.675. The fourth-order valence-electron chi connectivity index (χ4n) is 5.85. The van der Waals surface area contributed by atoms with Crippen LogP contribution in [0.1, 0.15) is 39.0 Å². The third kappa shape index (κ3) is 0.875. The molecule has 6 unspecified atom stereocenters. The topological polar surface area (TPSA) is 0 Å². The third-order valence-corrected chi connectivity index (χ3v) is 7.29. The van der Waals surface area contributed by atoms with E-state index < -0.39 is 0 Å². The van der Waals surface area contributed by atoms with Gasteiger partial charge < -0.3 is 0 Å². The monoisotopic (exact) mass is 302 g/mol. The van der Waals surface area contributed by atoms with Gasteiger partial charge in [0, 0.05) is 3.42 Å². The summed E-state index contributed by atoms with van der Waals surface area (Å²) in [6.07, 6.45) is 7.94. The Hall–Kier alpha value is 0.730. The molecule has 1 heteroatoms. The molecule has 4 bridgehead atoms. The molecule has 0 nitrogen and oxygen atoms in total. The number of alkyl halides is 1. The lowest BCUT2D eigenvalue weighted by Crippen LogP contribution is -2.38. The molecule has 0 heterocycles. The molecule has 0 aromatic rings. The predicted molar refractivity (Wildman–Crippen MR) is 66.5 cm³/mol. The molecule has 4 aliphatic rings. The van der Waals surface area contributed by atoms with Crippen LogP contribution in [0.5, 0.6) is 0 Å². The van der Waals surface area contributed by atoms with Crippen molar-refractivity contribution in [1.29, 1.82) is 0 Å². The van der Waals surface area contributed by atoms with Gasteiger partial charge in [-0.05, 0) is 67.6 Å². The van der Waals surface area contributed by atoms with E-state index in [0.717, 1.165) is 17.8 Å². The van der Waals surface area contributed by atoms with Gasteiger partial charge in [-0.2, -0.15) is 0 Å². The summed E-state index contributed by atoms with van der Waals surface area (Å²) in [5, 5.41) is 0. The lowest BCUT2D eigenvalue weighted by Gasteiger charge is -2.41. The second kappa shape index (κ2) is 2.52. The van der Waals surface area contributed by atoms with E-state index in [2.05, 4.69) is 29.5 Å². The molecule has 0 N–H and O–H groups in total. The molecule has 4 aliphatic carbocycles. The van der Waals surface area contributed by atoms with Crippen LogP contribution in [-0.4, -0.2) is 3.42 Å². The van der Waals surface area contributed by atoms with E-state index in [-0.39, 0.29) is 0 Å². The van der Waals surface area contributed by atoms with Crippen LogP contribution in [0, 0.1) is 35.5 Å². The highest BCUT2D eigenvalue weighted by molar-refractivity contribution is 14.1. The molecule has 4 rings (SSSR count). The predicted octanol–water partition coefficient (Wildman–Crippen LogP) is 3.88. The van der Waals surface area contributed by atoms with E-state index >= 15 is 0 Å². The minimum absolute atomic E-state index is 0.675. The van der Waals surface area contributed by atoms with E-state index in [9.17, 15) is 0 Å². The van der Waals surface area contributed by atoms with Crippen molar-refractivity contribution in [2.45, 2.75) is 42.4 Å². The summed E-state index contributed by atoms with van der Waals surface area (Å²) in [5.74, 6) is 6.95. The van der Waals surface area contributed by atoms with Crippen molar-refractivity contribution in [3.63, 3.8) is 0 Å². The molecular formula is C13H19I. The maximum Gasteiger partial charge on any atom is 0.0228 e. The molecule has 0 amide bonds. The average molecular weight is 302 g/mol. The number of fused-ring (bicyclic) bond motifs is 9. The highest BCUT2D eigenvalue weighted by Gasteiger charge is 2.64. The Morgan fingerprint density at radius 2 is 1.71 bits per heavy atom. The summed E-state index contributed by atoms with van der Waals surface area (Å²) in [6.45, 7) is 2.53. The smallest absolute Gasteiger partial charge is 0.0228 e. The van der Waals surface area contributed by atoms with Crippen LogP contribution in [0.2, 0.25) is 0 Å². The third-order valence-electron chi connectivity index (χ3n) is 6.05. The fourth-order valence-corrected chi connectivity index (χ4v) is 7.08. The first-order valence-corrected chi connectivity index (χ1v) is 7.43. The van der Waals surface area contributed by atoms with Crippen molar-refractivity contribution in [2.75, 3.05) is 0 Å². The van der Waals surface area contributed by atoms with Crippen LogP contribution in [0.4, 0.5) is 0 Å². The summed E-state index contributed by atoms with van der Waals surface area (Å²) in [5.41, 5.74) is 0. The lowest BCUT2D eigenvalue weighted by molar-refractivity contribution is 0.130. The molecule has 0 radical (unpaired) electrons. The lowest BCUT2D eigenvalue weighted by atomic mass is 9.68. The number of halogens is 1. The van der Waals surface area contributed by atoms with Crippen LogP contribution in [-0.2, 0) is 0 Å². The van der Waals surface area contributed by atoms with E-state index in [1.807, 2.05) is 0 Å². The van der Waals surface area contributed by atoms with Gasteiger partial charge in [0.25, 0.3) is 0 Å². The quantitative estimate of drug-likeness (QED) is 0.362. The van der Waals surface area contributed by atoms with Gasteiger partial charge in [0.2, 0.25) is 0 Å². The highest BCUT2D eigenvalue weighted by atomic mass is 127. The first-order chi connectivity index (χ1) is 6.67. The molecule has 0 aromatic heterocycles. The van der Waals surface area contributed by atoms with Gasteiger partial charge in [0.1, 0.15) is 0 Å². The van der Waals surface area contributed by atoms with E-state index in [0.29, 0.717) is 3.42 Å². The SMILES string of the molecule is CC1(I)CC2CC1C1C2C2CC[C@@H]1C2. The van der Waals surface area contributed by atoms with Crippen molar-refractivity contribution in [3.05, 3.63) is 0 Å². The standard InChI is InChI=1S/C13H19I/c1-13(14)6-9-5-10(13)12-8-3-2-7(4-8)11(9)12/h7-12H,2-6H2,1H3/t7?,8-,9?,10?,11?,12?,13?/m1/s1. The number of hydrogen-bond acceptors (Lipinski definition) is 0. The molecule has 78 valence electrons. The second-order valence-corrected chi connectivity index (χ2v) is 9.04. The maximum absolute atomic E-state index is 2.78. The molecule has 7 atom stereocenters. The number of hydrogen-bond donors (Lipinski definition) is 0. The van der Waals surface area contributed by atoms with Crippen molar-refractivity contribution >= 4 is 22.6 Å². The summed E-state index contributed by atoms with van der Waals surface area (Å²) in [4.78, 5) is 0. The molecule has 0 aromatic carbocycles. The fraction of sp³-hybridized carbons (Fsp3) is 1.00. The Bertz CT molecular complexity index is 283. The zero-order chi connectivity index (χ0) is 9.50. The normalized spacial score (nSPS) is 69.0. The van der Waals surface area contributed by atoms with E-state index in [1.54, 1.807) is 32.1 Å². The minimum Gasteiger partial charge on any atom is -0.0788 e. The largest absolute Gasteiger partial charge is 0.0788 e. The Labute approximate surface area is 100 Å².